The predicted octanol–water partition coefficient (Wildman–Crippen LogP) is 2.82. The van der Waals surface area contributed by atoms with Gasteiger partial charge in [-0.25, -0.2) is 9.78 Å². The van der Waals surface area contributed by atoms with Gasteiger partial charge in [0.15, 0.2) is 0 Å². The number of aromatic nitrogens is 2. The number of hydrogen-bond acceptors (Lipinski definition) is 5. The molecular formula is C17H24N4O3. The maximum Gasteiger partial charge on any atom is 0.412 e. The average molecular weight is 332 g/mol. The highest BCUT2D eigenvalue weighted by Crippen LogP contribution is 2.18. The van der Waals surface area contributed by atoms with Gasteiger partial charge in [-0.2, -0.15) is 0 Å². The van der Waals surface area contributed by atoms with E-state index in [0.717, 1.165) is 17.2 Å². The maximum absolute atomic E-state index is 11.8. The number of nitrogens with two attached hydrogens (primary N) is 1. The molecule has 0 unspecified atom stereocenters. The van der Waals surface area contributed by atoms with Gasteiger partial charge in [0.05, 0.1) is 5.69 Å². The van der Waals surface area contributed by atoms with Crippen molar-refractivity contribution in [2.24, 2.45) is 5.73 Å². The number of benzene rings is 1. The van der Waals surface area contributed by atoms with E-state index in [9.17, 15) is 4.79 Å². The fraction of sp³-hybridized carbons (Fsp3) is 0.412. The molecule has 1 amide bonds. The van der Waals surface area contributed by atoms with Crippen LogP contribution < -0.4 is 11.1 Å². The minimum Gasteiger partial charge on any atom is -0.444 e. The number of methoxy groups -OCH3 is 1. The van der Waals surface area contributed by atoms with E-state index in [0.29, 0.717) is 18.8 Å². The van der Waals surface area contributed by atoms with Crippen LogP contribution in [-0.2, 0) is 22.6 Å². The van der Waals surface area contributed by atoms with E-state index >= 15 is 0 Å². The van der Waals surface area contributed by atoms with E-state index in [-0.39, 0.29) is 0 Å². The Bertz CT molecular complexity index is 687. The minimum absolute atomic E-state index is 0.363. The molecule has 0 radical (unpaired) electrons. The third-order valence-corrected chi connectivity index (χ3v) is 3.10. The van der Waals surface area contributed by atoms with Gasteiger partial charge in [0.1, 0.15) is 18.0 Å². The van der Waals surface area contributed by atoms with Gasteiger partial charge in [-0.1, -0.05) is 0 Å². The van der Waals surface area contributed by atoms with Gasteiger partial charge in [0, 0.05) is 31.2 Å². The molecular weight excluding hydrogens is 308 g/mol. The van der Waals surface area contributed by atoms with Crippen LogP contribution in [-0.4, -0.2) is 28.4 Å². The molecule has 1 heterocycles. The summed E-state index contributed by atoms with van der Waals surface area (Å²) in [5.41, 5.74) is 7.47. The van der Waals surface area contributed by atoms with Crippen LogP contribution >= 0.6 is 0 Å². The summed E-state index contributed by atoms with van der Waals surface area (Å²) in [6.45, 7) is 6.21. The van der Waals surface area contributed by atoms with Gasteiger partial charge in [0.25, 0.3) is 0 Å². The molecule has 0 aliphatic carbocycles. The molecule has 130 valence electrons. The average Bonchev–Trinajstić information content (AvgIpc) is 2.89. The van der Waals surface area contributed by atoms with Crippen molar-refractivity contribution in [2.75, 3.05) is 12.4 Å². The first kappa shape index (κ1) is 18.0. The Morgan fingerprint density at radius 3 is 2.50 bits per heavy atom. The van der Waals surface area contributed by atoms with E-state index < -0.39 is 11.7 Å². The summed E-state index contributed by atoms with van der Waals surface area (Å²) in [5, 5.41) is 2.70. The summed E-state index contributed by atoms with van der Waals surface area (Å²) in [4.78, 5) is 16.2. The van der Waals surface area contributed by atoms with Crippen molar-refractivity contribution in [1.29, 1.82) is 0 Å². The monoisotopic (exact) mass is 332 g/mol. The van der Waals surface area contributed by atoms with Crippen molar-refractivity contribution in [3.8, 4) is 5.69 Å². The van der Waals surface area contributed by atoms with Gasteiger partial charge < -0.3 is 19.8 Å². The number of hydrogen-bond donors (Lipinski definition) is 2. The summed E-state index contributed by atoms with van der Waals surface area (Å²) in [6, 6.07) is 7.37. The molecule has 0 saturated heterocycles. The standard InChI is InChI=1S/C17H24N4O3/c1-17(2,3)24-16(22)20-12-5-7-14(8-6-12)21-10-13(9-18)19-15(21)11-23-4/h5-8,10H,9,11,18H2,1-4H3,(H,20,22). The summed E-state index contributed by atoms with van der Waals surface area (Å²) in [7, 11) is 1.62. The Labute approximate surface area is 141 Å². The zero-order valence-electron chi connectivity index (χ0n) is 14.5. The molecule has 0 fully saturated rings. The van der Waals surface area contributed by atoms with Crippen molar-refractivity contribution in [2.45, 2.75) is 39.5 Å². The van der Waals surface area contributed by atoms with E-state index in [1.807, 2.05) is 43.7 Å². The predicted molar refractivity (Wildman–Crippen MR) is 92.0 cm³/mol. The molecule has 0 atom stereocenters. The SMILES string of the molecule is COCc1nc(CN)cn1-c1ccc(NC(=O)OC(C)(C)C)cc1. The third kappa shape index (κ3) is 4.81. The highest BCUT2D eigenvalue weighted by Gasteiger charge is 2.16. The summed E-state index contributed by atoms with van der Waals surface area (Å²) in [5.74, 6) is 0.769. The molecule has 0 saturated carbocycles. The summed E-state index contributed by atoms with van der Waals surface area (Å²) < 4.78 is 12.3. The number of ether oxygens (including phenoxy) is 2. The Morgan fingerprint density at radius 2 is 1.96 bits per heavy atom. The van der Waals surface area contributed by atoms with Crippen LogP contribution in [0.2, 0.25) is 0 Å². The highest BCUT2D eigenvalue weighted by molar-refractivity contribution is 5.84. The zero-order valence-corrected chi connectivity index (χ0v) is 14.5. The second-order valence-electron chi connectivity index (χ2n) is 6.33. The lowest BCUT2D eigenvalue weighted by Crippen LogP contribution is -2.27. The molecule has 7 nitrogen and oxygen atoms in total. The van der Waals surface area contributed by atoms with Crippen LogP contribution in [0.3, 0.4) is 0 Å². The van der Waals surface area contributed by atoms with Crippen molar-refractivity contribution in [3.63, 3.8) is 0 Å². The van der Waals surface area contributed by atoms with Crippen LogP contribution in [0.1, 0.15) is 32.3 Å². The van der Waals surface area contributed by atoms with Crippen LogP contribution in [0.4, 0.5) is 10.5 Å². The molecule has 2 rings (SSSR count). The number of nitrogens with one attached hydrogen (secondary N) is 1. The third-order valence-electron chi connectivity index (χ3n) is 3.10. The molecule has 7 heteroatoms. The van der Waals surface area contributed by atoms with Crippen molar-refractivity contribution in [3.05, 3.63) is 42.0 Å². The molecule has 0 aliphatic rings. The lowest BCUT2D eigenvalue weighted by molar-refractivity contribution is 0.0636. The number of carbonyl (C=O) groups is 1. The molecule has 1 aromatic carbocycles. The second-order valence-corrected chi connectivity index (χ2v) is 6.33. The Morgan fingerprint density at radius 1 is 1.29 bits per heavy atom. The van der Waals surface area contributed by atoms with Gasteiger partial charge in [-0.05, 0) is 45.0 Å². The van der Waals surface area contributed by atoms with Crippen molar-refractivity contribution in [1.82, 2.24) is 9.55 Å². The lowest BCUT2D eigenvalue weighted by atomic mass is 10.2. The number of amides is 1. The first-order valence-electron chi connectivity index (χ1n) is 7.69. The topological polar surface area (TPSA) is 91.4 Å². The second kappa shape index (κ2) is 7.46. The Balaban J connectivity index is 2.15. The van der Waals surface area contributed by atoms with E-state index in [4.69, 9.17) is 15.2 Å². The highest BCUT2D eigenvalue weighted by atomic mass is 16.6. The largest absolute Gasteiger partial charge is 0.444 e. The van der Waals surface area contributed by atoms with Gasteiger partial charge in [-0.3, -0.25) is 5.32 Å². The molecule has 24 heavy (non-hydrogen) atoms. The molecule has 3 N–H and O–H groups in total. The molecule has 0 aliphatic heterocycles. The van der Waals surface area contributed by atoms with Crippen molar-refractivity contribution < 1.29 is 14.3 Å². The van der Waals surface area contributed by atoms with E-state index in [2.05, 4.69) is 10.3 Å². The Hall–Kier alpha value is -2.38. The maximum atomic E-state index is 11.8. The van der Waals surface area contributed by atoms with Crippen molar-refractivity contribution >= 4 is 11.8 Å². The van der Waals surface area contributed by atoms with Crippen LogP contribution in [0.15, 0.2) is 30.5 Å². The number of carbonyl (C=O) groups excluding carboxylic acids is 1. The minimum atomic E-state index is -0.533. The van der Waals surface area contributed by atoms with Crippen LogP contribution in [0, 0.1) is 0 Å². The molecule has 2 aromatic rings. The number of imidazole rings is 1. The normalized spacial score (nSPS) is 11.4. The summed E-state index contributed by atoms with van der Waals surface area (Å²) in [6.07, 6.45) is 1.40. The molecule has 0 bridgehead atoms. The molecule has 0 spiro atoms. The summed E-state index contributed by atoms with van der Waals surface area (Å²) >= 11 is 0. The first-order valence-corrected chi connectivity index (χ1v) is 7.69. The smallest absolute Gasteiger partial charge is 0.412 e. The lowest BCUT2D eigenvalue weighted by Gasteiger charge is -2.19. The van der Waals surface area contributed by atoms with Gasteiger partial charge in [-0.15, -0.1) is 0 Å². The number of anilines is 1. The van der Waals surface area contributed by atoms with E-state index in [1.165, 1.54) is 0 Å². The van der Waals surface area contributed by atoms with E-state index in [1.54, 1.807) is 19.2 Å². The first-order chi connectivity index (χ1) is 11.3. The quantitative estimate of drug-likeness (QED) is 0.878. The Kier molecular flexibility index (Phi) is 5.58. The fourth-order valence-electron chi connectivity index (χ4n) is 2.15. The van der Waals surface area contributed by atoms with Crippen LogP contribution in [0.25, 0.3) is 5.69 Å². The van der Waals surface area contributed by atoms with Gasteiger partial charge >= 0.3 is 6.09 Å². The van der Waals surface area contributed by atoms with Gasteiger partial charge in [0.2, 0.25) is 0 Å². The number of nitrogens with zero attached hydrogens (tertiary/aromatic N) is 2. The molecule has 1 aromatic heterocycles. The number of rotatable bonds is 5. The fourth-order valence-corrected chi connectivity index (χ4v) is 2.15. The van der Waals surface area contributed by atoms with Crippen LogP contribution in [0.5, 0.6) is 0 Å². The zero-order chi connectivity index (χ0) is 17.7.